The number of carbonyl (C=O) groups excluding carboxylic acids is 2. The Morgan fingerprint density at radius 2 is 1.71 bits per heavy atom. The van der Waals surface area contributed by atoms with Crippen LogP contribution in [0.1, 0.15) is 6.42 Å². The first-order valence-corrected chi connectivity index (χ1v) is 10.8. The molecule has 1 fully saturated rings. The molecule has 10 nitrogen and oxygen atoms in total. The molecule has 0 spiro atoms. The molecule has 3 amide bonds. The Balaban J connectivity index is 1.15. The first kappa shape index (κ1) is 22.9. The fraction of sp³-hybridized carbons (Fsp3) is 0.261. The van der Waals surface area contributed by atoms with E-state index < -0.39 is 6.03 Å². The molecule has 0 atom stereocenters. The second kappa shape index (κ2) is 11.0. The fourth-order valence-electron chi connectivity index (χ4n) is 3.36. The van der Waals surface area contributed by atoms with Crippen molar-refractivity contribution in [2.75, 3.05) is 42.9 Å². The normalized spacial score (nSPS) is 13.3. The van der Waals surface area contributed by atoms with Crippen LogP contribution in [0.5, 0.6) is 11.6 Å². The molecule has 2 aromatic heterocycles. The molecule has 1 aliphatic rings. The number of ether oxygens (including phenoxy) is 1. The minimum absolute atomic E-state index is 0.0158. The van der Waals surface area contributed by atoms with Gasteiger partial charge in [-0.15, -0.1) is 0 Å². The number of carbonyl (C=O) groups is 2. The van der Waals surface area contributed by atoms with Crippen LogP contribution in [-0.4, -0.2) is 64.5 Å². The molecule has 0 radical (unpaired) electrons. The molecule has 34 heavy (non-hydrogen) atoms. The lowest BCUT2D eigenvalue weighted by Crippen LogP contribution is -2.49. The molecular formula is C23H24FN7O3. The summed E-state index contributed by atoms with van der Waals surface area (Å²) < 4.78 is 18.5. The largest absolute Gasteiger partial charge is 0.439 e. The maximum atomic E-state index is 13.0. The lowest BCUT2D eigenvalue weighted by molar-refractivity contribution is -0.131. The van der Waals surface area contributed by atoms with Crippen LogP contribution in [0.4, 0.5) is 20.8 Å². The van der Waals surface area contributed by atoms with Gasteiger partial charge in [-0.05, 0) is 36.4 Å². The van der Waals surface area contributed by atoms with Gasteiger partial charge in [0.05, 0.1) is 11.9 Å². The lowest BCUT2D eigenvalue weighted by Gasteiger charge is -2.34. The number of hydrogen-bond donors (Lipinski definition) is 2. The molecule has 0 bridgehead atoms. The summed E-state index contributed by atoms with van der Waals surface area (Å²) in [5.41, 5.74) is 0.467. The number of hydrogen-bond acceptors (Lipinski definition) is 7. The Kier molecular flexibility index (Phi) is 7.43. The van der Waals surface area contributed by atoms with E-state index in [1.807, 2.05) is 4.90 Å². The number of anilines is 2. The zero-order chi connectivity index (χ0) is 23.8. The van der Waals surface area contributed by atoms with Gasteiger partial charge in [0.25, 0.3) is 0 Å². The van der Waals surface area contributed by atoms with Crippen molar-refractivity contribution >= 4 is 23.6 Å². The zero-order valence-electron chi connectivity index (χ0n) is 18.4. The van der Waals surface area contributed by atoms with Crippen LogP contribution >= 0.6 is 0 Å². The summed E-state index contributed by atoms with van der Waals surface area (Å²) in [5, 5.41) is 5.33. The number of urea groups is 1. The standard InChI is InChI=1S/C23H24FN7O3/c24-17-2-5-19(6-3-17)34-20-7-4-18(16-28-20)29-23(33)27-11-8-21(32)30-12-14-31(15-13-30)22-25-9-1-10-26-22/h1-7,9-10,16H,8,11-15H2,(H2,27,29,33). The molecule has 1 aliphatic heterocycles. The molecule has 1 saturated heterocycles. The summed E-state index contributed by atoms with van der Waals surface area (Å²) in [6.45, 7) is 2.71. The Labute approximate surface area is 195 Å². The number of pyridine rings is 1. The molecule has 0 saturated carbocycles. The molecule has 0 aliphatic carbocycles. The van der Waals surface area contributed by atoms with E-state index in [1.54, 1.807) is 35.5 Å². The number of amides is 3. The molecule has 4 rings (SSSR count). The van der Waals surface area contributed by atoms with E-state index in [9.17, 15) is 14.0 Å². The van der Waals surface area contributed by atoms with E-state index in [1.165, 1.54) is 30.5 Å². The van der Waals surface area contributed by atoms with Gasteiger partial charge >= 0.3 is 6.03 Å². The summed E-state index contributed by atoms with van der Waals surface area (Å²) in [7, 11) is 0. The predicted octanol–water partition coefficient (Wildman–Crippen LogP) is 2.66. The third-order valence-electron chi connectivity index (χ3n) is 5.12. The zero-order valence-corrected chi connectivity index (χ0v) is 18.4. The number of nitrogens with zero attached hydrogens (tertiary/aromatic N) is 5. The van der Waals surface area contributed by atoms with Gasteiger partial charge in [-0.1, -0.05) is 0 Å². The Morgan fingerprint density at radius 1 is 0.971 bits per heavy atom. The van der Waals surface area contributed by atoms with Crippen molar-refractivity contribution in [3.63, 3.8) is 0 Å². The van der Waals surface area contributed by atoms with Gasteiger partial charge in [0.2, 0.25) is 17.7 Å². The summed E-state index contributed by atoms with van der Waals surface area (Å²) in [6, 6.07) is 10.1. The molecule has 3 heterocycles. The quantitative estimate of drug-likeness (QED) is 0.552. The van der Waals surface area contributed by atoms with Crippen molar-refractivity contribution in [1.82, 2.24) is 25.2 Å². The first-order chi connectivity index (χ1) is 16.6. The second-order valence-corrected chi connectivity index (χ2v) is 7.49. The van der Waals surface area contributed by atoms with Crippen LogP contribution in [0, 0.1) is 5.82 Å². The van der Waals surface area contributed by atoms with E-state index in [0.717, 1.165) is 0 Å². The molecule has 2 N–H and O–H groups in total. The van der Waals surface area contributed by atoms with Gasteiger partial charge < -0.3 is 25.2 Å². The summed E-state index contributed by atoms with van der Waals surface area (Å²) in [5.74, 6) is 1.05. The lowest BCUT2D eigenvalue weighted by atomic mass is 10.3. The Hall–Kier alpha value is -4.28. The molecule has 3 aromatic rings. The van der Waals surface area contributed by atoms with Crippen molar-refractivity contribution in [1.29, 1.82) is 0 Å². The van der Waals surface area contributed by atoms with Gasteiger partial charge in [-0.25, -0.2) is 24.1 Å². The topological polar surface area (TPSA) is 113 Å². The highest BCUT2D eigenvalue weighted by atomic mass is 19.1. The van der Waals surface area contributed by atoms with Gasteiger partial charge in [-0.2, -0.15) is 0 Å². The molecule has 1 aromatic carbocycles. The van der Waals surface area contributed by atoms with E-state index >= 15 is 0 Å². The third-order valence-corrected chi connectivity index (χ3v) is 5.12. The number of benzene rings is 1. The van der Waals surface area contributed by atoms with E-state index in [4.69, 9.17) is 4.74 Å². The van der Waals surface area contributed by atoms with Crippen LogP contribution < -0.4 is 20.3 Å². The highest BCUT2D eigenvalue weighted by Gasteiger charge is 2.22. The van der Waals surface area contributed by atoms with Crippen LogP contribution in [0.25, 0.3) is 0 Å². The average molecular weight is 465 g/mol. The van der Waals surface area contributed by atoms with Crippen molar-refractivity contribution in [2.24, 2.45) is 0 Å². The highest BCUT2D eigenvalue weighted by Crippen LogP contribution is 2.20. The monoisotopic (exact) mass is 465 g/mol. The SMILES string of the molecule is O=C(NCCC(=O)N1CCN(c2ncccn2)CC1)Nc1ccc(Oc2ccc(F)cc2)nc1. The summed E-state index contributed by atoms with van der Waals surface area (Å²) in [6.07, 6.45) is 5.04. The van der Waals surface area contributed by atoms with Gasteiger partial charge in [0.1, 0.15) is 11.6 Å². The van der Waals surface area contributed by atoms with Crippen molar-refractivity contribution < 1.29 is 18.7 Å². The van der Waals surface area contributed by atoms with Gasteiger partial charge in [-0.3, -0.25) is 4.79 Å². The van der Waals surface area contributed by atoms with E-state index in [-0.39, 0.29) is 24.7 Å². The van der Waals surface area contributed by atoms with Crippen LogP contribution in [-0.2, 0) is 4.79 Å². The third kappa shape index (κ3) is 6.37. The molecule has 0 unspecified atom stereocenters. The van der Waals surface area contributed by atoms with Crippen molar-refractivity contribution in [3.8, 4) is 11.6 Å². The van der Waals surface area contributed by atoms with Crippen molar-refractivity contribution in [2.45, 2.75) is 6.42 Å². The van der Waals surface area contributed by atoms with Gasteiger partial charge in [0.15, 0.2) is 0 Å². The number of nitrogens with one attached hydrogen (secondary N) is 2. The minimum Gasteiger partial charge on any atom is -0.439 e. The number of aromatic nitrogens is 3. The van der Waals surface area contributed by atoms with Crippen molar-refractivity contribution in [3.05, 3.63) is 66.9 Å². The maximum absolute atomic E-state index is 13.0. The van der Waals surface area contributed by atoms with Crippen LogP contribution in [0.2, 0.25) is 0 Å². The van der Waals surface area contributed by atoms with E-state index in [0.29, 0.717) is 49.4 Å². The smallest absolute Gasteiger partial charge is 0.319 e. The average Bonchev–Trinajstić information content (AvgIpc) is 2.87. The molecular weight excluding hydrogens is 441 g/mol. The number of piperazine rings is 1. The fourth-order valence-corrected chi connectivity index (χ4v) is 3.36. The Bertz CT molecular complexity index is 1090. The van der Waals surface area contributed by atoms with Crippen LogP contribution in [0.3, 0.4) is 0 Å². The van der Waals surface area contributed by atoms with E-state index in [2.05, 4.69) is 25.6 Å². The van der Waals surface area contributed by atoms with Gasteiger partial charge in [0, 0.05) is 57.6 Å². The first-order valence-electron chi connectivity index (χ1n) is 10.8. The summed E-state index contributed by atoms with van der Waals surface area (Å²) in [4.78, 5) is 41.0. The number of halogens is 1. The minimum atomic E-state index is -0.437. The highest BCUT2D eigenvalue weighted by molar-refractivity contribution is 5.89. The Morgan fingerprint density at radius 3 is 2.38 bits per heavy atom. The predicted molar refractivity (Wildman–Crippen MR) is 123 cm³/mol. The summed E-state index contributed by atoms with van der Waals surface area (Å²) >= 11 is 0. The molecule has 11 heteroatoms. The number of rotatable bonds is 7. The van der Waals surface area contributed by atoms with Crippen LogP contribution in [0.15, 0.2) is 61.1 Å². The molecule has 176 valence electrons. The second-order valence-electron chi connectivity index (χ2n) is 7.49. The maximum Gasteiger partial charge on any atom is 0.319 e.